The summed E-state index contributed by atoms with van der Waals surface area (Å²) in [7, 11) is 1.63. The molecule has 0 spiro atoms. The van der Waals surface area contributed by atoms with Gasteiger partial charge in [0.1, 0.15) is 30.0 Å². The monoisotopic (exact) mass is 692 g/mol. The van der Waals surface area contributed by atoms with Gasteiger partial charge in [-0.3, -0.25) is 14.6 Å². The highest BCUT2D eigenvalue weighted by Gasteiger charge is 2.25. The van der Waals surface area contributed by atoms with E-state index in [9.17, 15) is 19.2 Å². The van der Waals surface area contributed by atoms with E-state index in [1.165, 1.54) is 6.92 Å². The predicted octanol–water partition coefficient (Wildman–Crippen LogP) is 5.43. The SMILES string of the molecule is COc1cc(NC(C)CCCNC(=O)[C@H](CCCCNC(=O)OC(C)(C)C)NC(=O)[C@H](C)NC(=O)OCc2ccccc2)c2ncccc2c1. The molecule has 3 atom stereocenters. The molecule has 1 heterocycles. The summed E-state index contributed by atoms with van der Waals surface area (Å²) in [6, 6.07) is 15.2. The Hall–Kier alpha value is -5.07. The minimum atomic E-state index is -0.948. The number of amides is 4. The van der Waals surface area contributed by atoms with Crippen molar-refractivity contribution in [3.05, 3.63) is 66.4 Å². The Morgan fingerprint density at radius 2 is 1.56 bits per heavy atom. The minimum absolute atomic E-state index is 0.0601. The van der Waals surface area contributed by atoms with Crippen molar-refractivity contribution in [2.75, 3.05) is 25.5 Å². The fraction of sp³-hybridized carbons (Fsp3) is 0.486. The van der Waals surface area contributed by atoms with Gasteiger partial charge in [0, 0.05) is 36.8 Å². The molecule has 0 bridgehead atoms. The maximum atomic E-state index is 13.3. The summed E-state index contributed by atoms with van der Waals surface area (Å²) in [6.07, 6.45) is 3.36. The zero-order valence-corrected chi connectivity index (χ0v) is 30.0. The van der Waals surface area contributed by atoms with Gasteiger partial charge >= 0.3 is 12.2 Å². The van der Waals surface area contributed by atoms with Gasteiger partial charge in [-0.15, -0.1) is 0 Å². The molecule has 272 valence electrons. The van der Waals surface area contributed by atoms with Crippen LogP contribution in [-0.4, -0.2) is 72.9 Å². The molecule has 4 amide bonds. The largest absolute Gasteiger partial charge is 0.497 e. The lowest BCUT2D eigenvalue weighted by Gasteiger charge is -2.22. The highest BCUT2D eigenvalue weighted by Crippen LogP contribution is 2.28. The van der Waals surface area contributed by atoms with Crippen LogP contribution in [0.4, 0.5) is 15.3 Å². The molecule has 0 aliphatic carbocycles. The van der Waals surface area contributed by atoms with Crippen molar-refractivity contribution in [2.45, 2.75) is 97.1 Å². The average Bonchev–Trinajstić information content (AvgIpc) is 3.07. The Balaban J connectivity index is 1.51. The van der Waals surface area contributed by atoms with Gasteiger partial charge in [0.05, 0.1) is 18.3 Å². The van der Waals surface area contributed by atoms with Crippen molar-refractivity contribution in [1.82, 2.24) is 26.3 Å². The van der Waals surface area contributed by atoms with E-state index < -0.39 is 35.8 Å². The molecule has 0 radical (unpaired) electrons. The van der Waals surface area contributed by atoms with E-state index in [4.69, 9.17) is 14.2 Å². The normalized spacial score (nSPS) is 12.9. The number of carbonyl (C=O) groups excluding carboxylic acids is 4. The lowest BCUT2D eigenvalue weighted by atomic mass is 10.1. The number of unbranched alkanes of at least 4 members (excludes halogenated alkanes) is 1. The molecule has 1 unspecified atom stereocenters. The van der Waals surface area contributed by atoms with Gasteiger partial charge in [-0.1, -0.05) is 36.4 Å². The Kier molecular flexibility index (Phi) is 15.6. The van der Waals surface area contributed by atoms with Crippen LogP contribution in [0.5, 0.6) is 5.75 Å². The summed E-state index contributed by atoms with van der Waals surface area (Å²) in [4.78, 5) is 55.2. The Morgan fingerprint density at radius 1 is 0.820 bits per heavy atom. The first-order valence-corrected chi connectivity index (χ1v) is 17.1. The number of methoxy groups -OCH3 is 1. The number of ether oxygens (including phenoxy) is 3. The minimum Gasteiger partial charge on any atom is -0.497 e. The number of fused-ring (bicyclic) bond motifs is 1. The number of anilines is 1. The number of carbonyl (C=O) groups is 4. The number of hydrogen-bond donors (Lipinski definition) is 5. The maximum Gasteiger partial charge on any atom is 0.408 e. The van der Waals surface area contributed by atoms with Gasteiger partial charge in [-0.2, -0.15) is 0 Å². The Bertz CT molecular complexity index is 1550. The van der Waals surface area contributed by atoms with E-state index in [-0.39, 0.29) is 18.6 Å². The summed E-state index contributed by atoms with van der Waals surface area (Å²) >= 11 is 0. The fourth-order valence-corrected chi connectivity index (χ4v) is 5.02. The second-order valence-corrected chi connectivity index (χ2v) is 13.1. The smallest absolute Gasteiger partial charge is 0.408 e. The van der Waals surface area contributed by atoms with Crippen molar-refractivity contribution in [1.29, 1.82) is 0 Å². The molecule has 1 aromatic heterocycles. The number of pyridine rings is 1. The number of rotatable bonds is 18. The molecule has 0 saturated carbocycles. The molecule has 2 aromatic carbocycles. The molecule has 13 heteroatoms. The molecule has 0 aliphatic rings. The van der Waals surface area contributed by atoms with Crippen molar-refractivity contribution in [3.63, 3.8) is 0 Å². The maximum absolute atomic E-state index is 13.3. The van der Waals surface area contributed by atoms with Crippen LogP contribution in [0.1, 0.15) is 72.3 Å². The molecular weight excluding hydrogens is 640 g/mol. The van der Waals surface area contributed by atoms with Crippen LogP contribution in [0.15, 0.2) is 60.8 Å². The second-order valence-electron chi connectivity index (χ2n) is 13.1. The fourth-order valence-electron chi connectivity index (χ4n) is 5.02. The first-order valence-electron chi connectivity index (χ1n) is 17.1. The van der Waals surface area contributed by atoms with E-state index in [1.807, 2.05) is 54.6 Å². The van der Waals surface area contributed by atoms with E-state index in [2.05, 4.69) is 38.5 Å². The van der Waals surface area contributed by atoms with Crippen LogP contribution in [0.25, 0.3) is 10.9 Å². The summed E-state index contributed by atoms with van der Waals surface area (Å²) < 4.78 is 15.9. The third-order valence-electron chi connectivity index (χ3n) is 7.59. The first kappa shape index (κ1) is 39.4. The average molecular weight is 693 g/mol. The Morgan fingerprint density at radius 3 is 2.28 bits per heavy atom. The topological polar surface area (TPSA) is 169 Å². The molecule has 50 heavy (non-hydrogen) atoms. The number of nitrogens with zero attached hydrogens (tertiary/aromatic N) is 1. The number of hydrogen-bond acceptors (Lipinski definition) is 9. The number of benzene rings is 2. The predicted molar refractivity (Wildman–Crippen MR) is 193 cm³/mol. The van der Waals surface area contributed by atoms with Gasteiger partial charge in [0.2, 0.25) is 11.8 Å². The lowest BCUT2D eigenvalue weighted by molar-refractivity contribution is -0.130. The third kappa shape index (κ3) is 14.2. The van der Waals surface area contributed by atoms with Crippen molar-refractivity contribution >= 4 is 40.6 Å². The zero-order valence-electron chi connectivity index (χ0n) is 30.0. The second kappa shape index (κ2) is 19.8. The first-order chi connectivity index (χ1) is 23.8. The van der Waals surface area contributed by atoms with Crippen LogP contribution >= 0.6 is 0 Å². The van der Waals surface area contributed by atoms with Crippen LogP contribution in [0, 0.1) is 0 Å². The van der Waals surface area contributed by atoms with E-state index in [0.29, 0.717) is 38.8 Å². The quantitative estimate of drug-likeness (QED) is 0.109. The lowest BCUT2D eigenvalue weighted by Crippen LogP contribution is -2.53. The molecule has 0 saturated heterocycles. The van der Waals surface area contributed by atoms with E-state index in [0.717, 1.165) is 34.3 Å². The molecule has 5 N–H and O–H groups in total. The molecule has 3 aromatic rings. The molecule has 0 fully saturated rings. The number of nitrogens with one attached hydrogen (secondary N) is 5. The third-order valence-corrected chi connectivity index (χ3v) is 7.59. The summed E-state index contributed by atoms with van der Waals surface area (Å²) in [6.45, 7) is 9.75. The summed E-state index contributed by atoms with van der Waals surface area (Å²) in [5.74, 6) is -0.124. The highest BCUT2D eigenvalue weighted by molar-refractivity contribution is 5.92. The van der Waals surface area contributed by atoms with Crippen LogP contribution in [0.3, 0.4) is 0 Å². The van der Waals surface area contributed by atoms with Crippen molar-refractivity contribution in [3.8, 4) is 5.75 Å². The molecule has 0 aliphatic heterocycles. The van der Waals surface area contributed by atoms with Crippen molar-refractivity contribution in [2.24, 2.45) is 0 Å². The summed E-state index contributed by atoms with van der Waals surface area (Å²) in [5, 5.41) is 15.4. The van der Waals surface area contributed by atoms with Gasteiger partial charge in [-0.25, -0.2) is 9.59 Å². The molecule has 13 nitrogen and oxygen atoms in total. The van der Waals surface area contributed by atoms with E-state index in [1.54, 1.807) is 34.1 Å². The Labute approximate surface area is 294 Å². The van der Waals surface area contributed by atoms with Gasteiger partial charge in [-0.05, 0) is 84.4 Å². The van der Waals surface area contributed by atoms with Crippen molar-refractivity contribution < 1.29 is 33.4 Å². The van der Waals surface area contributed by atoms with Crippen LogP contribution in [-0.2, 0) is 25.7 Å². The highest BCUT2D eigenvalue weighted by atomic mass is 16.6. The van der Waals surface area contributed by atoms with Gasteiger partial charge < -0.3 is 40.8 Å². The zero-order chi connectivity index (χ0) is 36.5. The van der Waals surface area contributed by atoms with E-state index >= 15 is 0 Å². The molecule has 3 rings (SSSR count). The van der Waals surface area contributed by atoms with Crippen LogP contribution < -0.4 is 31.3 Å². The summed E-state index contributed by atoms with van der Waals surface area (Å²) in [5.41, 5.74) is 1.92. The number of aromatic nitrogens is 1. The van der Waals surface area contributed by atoms with Gasteiger partial charge in [0.15, 0.2) is 0 Å². The number of alkyl carbamates (subject to hydrolysis) is 2. The van der Waals surface area contributed by atoms with Gasteiger partial charge in [0.25, 0.3) is 0 Å². The van der Waals surface area contributed by atoms with Crippen LogP contribution in [0.2, 0.25) is 0 Å². The standard InChI is InChI=1S/C37H52N6O7/c1-25(41-31-23-29(48-6)22-28-17-13-20-38-32(28)31)14-12-21-39-34(45)30(18-10-11-19-40-35(46)50-37(3,4)5)43-33(44)26(2)42-36(47)49-24-27-15-8-7-9-16-27/h7-9,13,15-17,20,22-23,25-26,30,41H,10-12,14,18-19,21,24H2,1-6H3,(H,39,45)(H,40,46)(H,42,47)(H,43,44)/t25?,26-,30-/m0/s1. The molecular formula is C37H52N6O7.